The third kappa shape index (κ3) is 3.58. The molecular formula is C22H20N4O. The molecule has 1 heterocycles. The van der Waals surface area contributed by atoms with Gasteiger partial charge in [-0.15, -0.1) is 10.2 Å². The maximum atomic E-state index is 5.95. The van der Waals surface area contributed by atoms with Gasteiger partial charge in [-0.05, 0) is 23.3 Å². The summed E-state index contributed by atoms with van der Waals surface area (Å²) in [6, 6.07) is 22.2. The van der Waals surface area contributed by atoms with Gasteiger partial charge in [-0.25, -0.2) is 0 Å². The largest absolute Gasteiger partial charge is 0.493 e. The lowest BCUT2D eigenvalue weighted by molar-refractivity contribution is 0.317. The molecule has 0 atom stereocenters. The van der Waals surface area contributed by atoms with E-state index in [1.54, 1.807) is 11.0 Å². The van der Waals surface area contributed by atoms with Crippen molar-refractivity contribution in [3.63, 3.8) is 0 Å². The van der Waals surface area contributed by atoms with Gasteiger partial charge in [-0.3, -0.25) is 0 Å². The lowest BCUT2D eigenvalue weighted by atomic mass is 10.0. The van der Waals surface area contributed by atoms with E-state index in [9.17, 15) is 0 Å². The van der Waals surface area contributed by atoms with Gasteiger partial charge in [0.25, 0.3) is 0 Å². The zero-order valence-corrected chi connectivity index (χ0v) is 15.1. The second-order valence-electron chi connectivity index (χ2n) is 6.16. The molecule has 0 spiro atoms. The molecule has 0 amide bonds. The van der Waals surface area contributed by atoms with Crippen LogP contribution in [-0.4, -0.2) is 27.7 Å². The molecule has 0 aliphatic heterocycles. The van der Waals surface area contributed by atoms with Gasteiger partial charge in [0.2, 0.25) is 0 Å². The van der Waals surface area contributed by atoms with E-state index in [-0.39, 0.29) is 0 Å². The summed E-state index contributed by atoms with van der Waals surface area (Å²) in [5.41, 5.74) is 1.92. The molecular weight excluding hydrogens is 336 g/mol. The summed E-state index contributed by atoms with van der Waals surface area (Å²) in [6.07, 6.45) is 4.38. The zero-order chi connectivity index (χ0) is 18.5. The Kier molecular flexibility index (Phi) is 4.92. The van der Waals surface area contributed by atoms with Crippen LogP contribution in [0.3, 0.4) is 0 Å². The lowest BCUT2D eigenvalue weighted by Crippen LogP contribution is -2.00. The highest BCUT2D eigenvalue weighted by Gasteiger charge is 2.09. The first kappa shape index (κ1) is 17.0. The van der Waals surface area contributed by atoms with Crippen molar-refractivity contribution in [3.8, 4) is 17.1 Å². The number of nitrogens with zero attached hydrogens (tertiary/aromatic N) is 4. The summed E-state index contributed by atoms with van der Waals surface area (Å²) in [5, 5.41) is 15.1. The second kappa shape index (κ2) is 7.83. The number of aromatic nitrogens is 3. The van der Waals surface area contributed by atoms with E-state index < -0.39 is 0 Å². The Morgan fingerprint density at radius 2 is 1.81 bits per heavy atom. The van der Waals surface area contributed by atoms with Crippen molar-refractivity contribution in [3.05, 3.63) is 78.6 Å². The maximum absolute atomic E-state index is 5.95. The highest BCUT2D eigenvalue weighted by molar-refractivity contribution is 6.02. The molecule has 0 radical (unpaired) electrons. The van der Waals surface area contributed by atoms with Crippen molar-refractivity contribution >= 4 is 17.0 Å². The molecule has 1 aromatic heterocycles. The Morgan fingerprint density at radius 1 is 1.00 bits per heavy atom. The minimum atomic E-state index is 0.668. The molecule has 5 nitrogen and oxygen atoms in total. The van der Waals surface area contributed by atoms with Crippen LogP contribution in [0.5, 0.6) is 5.75 Å². The highest BCUT2D eigenvalue weighted by atomic mass is 16.5. The Balaban J connectivity index is 1.76. The smallest absolute Gasteiger partial charge is 0.184 e. The van der Waals surface area contributed by atoms with E-state index in [0.717, 1.165) is 34.1 Å². The number of hydrogen-bond acceptors (Lipinski definition) is 4. The minimum absolute atomic E-state index is 0.668. The van der Waals surface area contributed by atoms with Crippen LogP contribution in [0.1, 0.15) is 18.9 Å². The van der Waals surface area contributed by atoms with E-state index >= 15 is 0 Å². The Labute approximate surface area is 157 Å². The predicted molar refractivity (Wildman–Crippen MR) is 108 cm³/mol. The first-order valence-electron chi connectivity index (χ1n) is 9.01. The molecule has 0 fully saturated rings. The zero-order valence-electron chi connectivity index (χ0n) is 15.1. The van der Waals surface area contributed by atoms with E-state index in [4.69, 9.17) is 4.74 Å². The molecule has 0 aliphatic carbocycles. The molecule has 0 unspecified atom stereocenters. The summed E-state index contributed by atoms with van der Waals surface area (Å²) in [4.78, 5) is 0. The van der Waals surface area contributed by atoms with Gasteiger partial charge in [0.1, 0.15) is 12.1 Å². The average molecular weight is 356 g/mol. The van der Waals surface area contributed by atoms with Crippen LogP contribution in [0.15, 0.2) is 78.2 Å². The van der Waals surface area contributed by atoms with Crippen molar-refractivity contribution in [1.82, 2.24) is 14.9 Å². The quantitative estimate of drug-likeness (QED) is 0.468. The van der Waals surface area contributed by atoms with Crippen molar-refractivity contribution in [2.75, 3.05) is 6.61 Å². The molecule has 0 saturated carbocycles. The Hall–Kier alpha value is -3.47. The van der Waals surface area contributed by atoms with Gasteiger partial charge in [0, 0.05) is 11.1 Å². The predicted octanol–water partition coefficient (Wildman–Crippen LogP) is 4.77. The van der Waals surface area contributed by atoms with Crippen LogP contribution < -0.4 is 4.74 Å². The lowest BCUT2D eigenvalue weighted by Gasteiger charge is -2.11. The summed E-state index contributed by atoms with van der Waals surface area (Å²) >= 11 is 0. The third-order valence-electron chi connectivity index (χ3n) is 4.27. The summed E-state index contributed by atoms with van der Waals surface area (Å²) in [7, 11) is 0. The third-order valence-corrected chi connectivity index (χ3v) is 4.27. The number of benzene rings is 3. The first-order chi connectivity index (χ1) is 13.4. The molecule has 27 heavy (non-hydrogen) atoms. The fourth-order valence-electron chi connectivity index (χ4n) is 2.96. The Morgan fingerprint density at radius 3 is 2.67 bits per heavy atom. The van der Waals surface area contributed by atoms with Gasteiger partial charge >= 0.3 is 0 Å². The fraction of sp³-hybridized carbons (Fsp3) is 0.136. The van der Waals surface area contributed by atoms with E-state index in [2.05, 4.69) is 40.4 Å². The molecule has 134 valence electrons. The highest BCUT2D eigenvalue weighted by Crippen LogP contribution is 2.27. The Bertz CT molecular complexity index is 1070. The van der Waals surface area contributed by atoms with Crippen LogP contribution in [0.2, 0.25) is 0 Å². The molecule has 5 heteroatoms. The van der Waals surface area contributed by atoms with Gasteiger partial charge in [-0.2, -0.15) is 9.78 Å². The summed E-state index contributed by atoms with van der Waals surface area (Å²) in [6.45, 7) is 2.76. The van der Waals surface area contributed by atoms with E-state index in [1.807, 2.05) is 54.7 Å². The van der Waals surface area contributed by atoms with Gasteiger partial charge in [-0.1, -0.05) is 67.6 Å². The molecule has 4 rings (SSSR count). The molecule has 3 aromatic carbocycles. The minimum Gasteiger partial charge on any atom is -0.493 e. The van der Waals surface area contributed by atoms with Crippen molar-refractivity contribution < 1.29 is 4.74 Å². The van der Waals surface area contributed by atoms with Gasteiger partial charge in [0.05, 0.1) is 12.8 Å². The second-order valence-corrected chi connectivity index (χ2v) is 6.16. The molecule has 4 aromatic rings. The average Bonchev–Trinajstić information content (AvgIpc) is 3.20. The normalized spacial score (nSPS) is 11.3. The van der Waals surface area contributed by atoms with Crippen LogP contribution in [0, 0.1) is 0 Å². The van der Waals surface area contributed by atoms with E-state index in [0.29, 0.717) is 12.4 Å². The number of rotatable bonds is 6. The molecule has 0 aliphatic rings. The van der Waals surface area contributed by atoms with E-state index in [1.165, 1.54) is 0 Å². The first-order valence-corrected chi connectivity index (χ1v) is 9.01. The standard InChI is InChI=1S/C22H20N4O/c1-2-14-27-21-13-12-17-8-6-7-11-19(17)20(21)15-24-26-16-23-25-22(26)18-9-4-3-5-10-18/h3-13,15-16H,2,14H2,1H3/b24-15-. The summed E-state index contributed by atoms with van der Waals surface area (Å²) < 4.78 is 7.63. The molecule has 0 saturated heterocycles. The molecule has 0 bridgehead atoms. The number of fused-ring (bicyclic) bond motifs is 1. The van der Waals surface area contributed by atoms with Gasteiger partial charge in [0.15, 0.2) is 5.82 Å². The topological polar surface area (TPSA) is 52.3 Å². The van der Waals surface area contributed by atoms with Crippen LogP contribution in [0.4, 0.5) is 0 Å². The SMILES string of the molecule is CCCOc1ccc2ccccc2c1/C=N\n1cnnc1-c1ccccc1. The van der Waals surface area contributed by atoms with Crippen molar-refractivity contribution in [1.29, 1.82) is 0 Å². The number of hydrogen-bond donors (Lipinski definition) is 0. The van der Waals surface area contributed by atoms with Crippen LogP contribution in [-0.2, 0) is 0 Å². The van der Waals surface area contributed by atoms with Crippen LogP contribution >= 0.6 is 0 Å². The van der Waals surface area contributed by atoms with Crippen molar-refractivity contribution in [2.45, 2.75) is 13.3 Å². The summed E-state index contributed by atoms with van der Waals surface area (Å²) in [5.74, 6) is 1.52. The monoisotopic (exact) mass is 356 g/mol. The molecule has 0 N–H and O–H groups in total. The van der Waals surface area contributed by atoms with Crippen LogP contribution in [0.25, 0.3) is 22.2 Å². The van der Waals surface area contributed by atoms with Crippen molar-refractivity contribution in [2.24, 2.45) is 5.10 Å². The van der Waals surface area contributed by atoms with Gasteiger partial charge < -0.3 is 4.74 Å². The fourth-order valence-corrected chi connectivity index (χ4v) is 2.96. The maximum Gasteiger partial charge on any atom is 0.184 e. The number of ether oxygens (including phenoxy) is 1.